The number of rotatable bonds is 5. The van der Waals surface area contributed by atoms with Gasteiger partial charge >= 0.3 is 0 Å². The summed E-state index contributed by atoms with van der Waals surface area (Å²) in [5.74, 6) is 6.86. The van der Waals surface area contributed by atoms with Crippen LogP contribution in [0.25, 0.3) is 0 Å². The summed E-state index contributed by atoms with van der Waals surface area (Å²) in [6, 6.07) is 1.61. The van der Waals surface area contributed by atoms with E-state index in [1.165, 1.54) is 6.26 Å². The van der Waals surface area contributed by atoms with Gasteiger partial charge < -0.3 is 10.7 Å². The second kappa shape index (κ2) is 5.08. The van der Waals surface area contributed by atoms with Crippen molar-refractivity contribution >= 4 is 21.5 Å². The first-order chi connectivity index (χ1) is 7.40. The third-order valence-electron chi connectivity index (χ3n) is 1.76. The van der Waals surface area contributed by atoms with E-state index < -0.39 is 9.84 Å². The Hall–Kier alpha value is -1.41. The second-order valence-corrected chi connectivity index (χ2v) is 5.65. The van der Waals surface area contributed by atoms with E-state index in [1.54, 1.807) is 13.0 Å². The molecule has 0 saturated heterocycles. The highest BCUT2D eigenvalue weighted by molar-refractivity contribution is 7.90. The molecule has 0 spiro atoms. The Morgan fingerprint density at radius 2 is 2.00 bits per heavy atom. The topological polar surface area (TPSA) is 110 Å². The lowest BCUT2D eigenvalue weighted by Gasteiger charge is -2.07. The quantitative estimate of drug-likeness (QED) is 0.475. The zero-order chi connectivity index (χ0) is 12.2. The van der Waals surface area contributed by atoms with Crippen LogP contribution < -0.4 is 16.6 Å². The van der Waals surface area contributed by atoms with Gasteiger partial charge in [-0.05, 0) is 6.92 Å². The first-order valence-corrected chi connectivity index (χ1v) is 6.70. The van der Waals surface area contributed by atoms with Crippen LogP contribution in [-0.2, 0) is 9.84 Å². The Labute approximate surface area is 94.4 Å². The predicted octanol–water partition coefficient (Wildman–Crippen LogP) is -0.473. The lowest BCUT2D eigenvalue weighted by Crippen LogP contribution is -2.16. The van der Waals surface area contributed by atoms with Crippen LogP contribution in [0.2, 0.25) is 0 Å². The van der Waals surface area contributed by atoms with E-state index in [-0.39, 0.29) is 5.75 Å². The molecule has 1 heterocycles. The zero-order valence-corrected chi connectivity index (χ0v) is 10.0. The van der Waals surface area contributed by atoms with E-state index in [9.17, 15) is 8.42 Å². The van der Waals surface area contributed by atoms with E-state index >= 15 is 0 Å². The number of hydrogen-bond acceptors (Lipinski definition) is 7. The summed E-state index contributed by atoms with van der Waals surface area (Å²) in [6.45, 7) is 2.03. The second-order valence-electron chi connectivity index (χ2n) is 3.39. The van der Waals surface area contributed by atoms with Crippen molar-refractivity contribution in [2.24, 2.45) is 5.84 Å². The first kappa shape index (κ1) is 12.7. The molecule has 0 aromatic carbocycles. The van der Waals surface area contributed by atoms with Gasteiger partial charge in [0.15, 0.2) is 0 Å². The summed E-state index contributed by atoms with van der Waals surface area (Å²) >= 11 is 0. The van der Waals surface area contributed by atoms with Gasteiger partial charge in [0.1, 0.15) is 27.3 Å². The van der Waals surface area contributed by atoms with Crippen LogP contribution in [0.4, 0.5) is 11.6 Å². The Morgan fingerprint density at radius 1 is 1.38 bits per heavy atom. The van der Waals surface area contributed by atoms with E-state index in [4.69, 9.17) is 5.84 Å². The summed E-state index contributed by atoms with van der Waals surface area (Å²) in [7, 11) is -2.97. The van der Waals surface area contributed by atoms with Crippen molar-refractivity contribution in [2.45, 2.75) is 6.92 Å². The van der Waals surface area contributed by atoms with Crippen molar-refractivity contribution in [2.75, 3.05) is 29.3 Å². The van der Waals surface area contributed by atoms with Crippen LogP contribution in [0.1, 0.15) is 5.82 Å². The average molecular weight is 245 g/mol. The number of hydrogen-bond donors (Lipinski definition) is 3. The molecule has 1 aromatic rings. The Balaban J connectivity index is 2.63. The molecule has 0 fully saturated rings. The lowest BCUT2D eigenvalue weighted by molar-refractivity contribution is 0.602. The molecule has 0 amide bonds. The Bertz CT molecular complexity index is 459. The molecule has 16 heavy (non-hydrogen) atoms. The number of nitrogens with one attached hydrogen (secondary N) is 2. The molecule has 0 atom stereocenters. The maximum atomic E-state index is 10.9. The standard InChI is InChI=1S/C8H15N5O2S/c1-6-11-7(5-8(12-6)13-9)10-3-4-16(2,14)15/h5H,3-4,9H2,1-2H3,(H2,10,11,12,13). The molecule has 0 aliphatic heterocycles. The van der Waals surface area contributed by atoms with Gasteiger partial charge in [0.05, 0.1) is 5.75 Å². The maximum absolute atomic E-state index is 10.9. The normalized spacial score (nSPS) is 11.2. The third kappa shape index (κ3) is 4.41. The molecule has 0 saturated carbocycles. The zero-order valence-electron chi connectivity index (χ0n) is 9.19. The first-order valence-electron chi connectivity index (χ1n) is 4.64. The number of nitrogens with two attached hydrogens (primary N) is 1. The molecule has 0 unspecified atom stereocenters. The molecule has 0 radical (unpaired) electrons. The Morgan fingerprint density at radius 3 is 2.56 bits per heavy atom. The molecule has 8 heteroatoms. The number of nitrogens with zero attached hydrogens (tertiary/aromatic N) is 2. The van der Waals surface area contributed by atoms with E-state index in [0.717, 1.165) is 0 Å². The molecule has 7 nitrogen and oxygen atoms in total. The van der Waals surface area contributed by atoms with Crippen LogP contribution in [0, 0.1) is 6.92 Å². The predicted molar refractivity (Wildman–Crippen MR) is 62.8 cm³/mol. The smallest absolute Gasteiger partial charge is 0.149 e. The van der Waals surface area contributed by atoms with Crippen molar-refractivity contribution < 1.29 is 8.42 Å². The van der Waals surface area contributed by atoms with Gasteiger partial charge in [-0.15, -0.1) is 0 Å². The highest BCUT2D eigenvalue weighted by Gasteiger charge is 2.03. The van der Waals surface area contributed by atoms with Crippen LogP contribution in [-0.4, -0.2) is 36.9 Å². The van der Waals surface area contributed by atoms with Crippen molar-refractivity contribution in [3.63, 3.8) is 0 Å². The fourth-order valence-corrected chi connectivity index (χ4v) is 1.57. The fourth-order valence-electron chi connectivity index (χ4n) is 1.10. The van der Waals surface area contributed by atoms with Gasteiger partial charge in [0, 0.05) is 18.9 Å². The Kier molecular flexibility index (Phi) is 4.02. The number of aromatic nitrogens is 2. The number of nitrogen functional groups attached to an aromatic ring is 1. The molecule has 0 aliphatic rings. The van der Waals surface area contributed by atoms with Gasteiger partial charge in [0.2, 0.25) is 0 Å². The summed E-state index contributed by atoms with van der Waals surface area (Å²) in [5, 5.41) is 2.89. The van der Waals surface area contributed by atoms with Crippen molar-refractivity contribution in [3.05, 3.63) is 11.9 Å². The summed E-state index contributed by atoms with van der Waals surface area (Å²) < 4.78 is 21.8. The monoisotopic (exact) mass is 245 g/mol. The summed E-state index contributed by atoms with van der Waals surface area (Å²) in [6.07, 6.45) is 1.19. The maximum Gasteiger partial charge on any atom is 0.149 e. The molecular weight excluding hydrogens is 230 g/mol. The molecule has 0 aliphatic carbocycles. The average Bonchev–Trinajstić information content (AvgIpc) is 2.14. The minimum absolute atomic E-state index is 0.0570. The van der Waals surface area contributed by atoms with Crippen molar-refractivity contribution in [1.29, 1.82) is 0 Å². The third-order valence-corrected chi connectivity index (χ3v) is 2.71. The van der Waals surface area contributed by atoms with Gasteiger partial charge in [-0.3, -0.25) is 0 Å². The van der Waals surface area contributed by atoms with Crippen LogP contribution >= 0.6 is 0 Å². The van der Waals surface area contributed by atoms with Crippen molar-refractivity contribution in [1.82, 2.24) is 9.97 Å². The molecule has 4 N–H and O–H groups in total. The number of sulfone groups is 1. The van der Waals surface area contributed by atoms with Gasteiger partial charge in [-0.2, -0.15) is 0 Å². The molecular formula is C8H15N5O2S. The minimum atomic E-state index is -2.97. The van der Waals surface area contributed by atoms with Gasteiger partial charge in [-0.25, -0.2) is 24.2 Å². The van der Waals surface area contributed by atoms with E-state index in [1.807, 2.05) is 0 Å². The van der Waals surface area contributed by atoms with E-state index in [0.29, 0.717) is 24.0 Å². The molecule has 0 bridgehead atoms. The molecule has 1 aromatic heterocycles. The highest BCUT2D eigenvalue weighted by atomic mass is 32.2. The highest BCUT2D eigenvalue weighted by Crippen LogP contribution is 2.09. The van der Waals surface area contributed by atoms with Crippen LogP contribution in [0.5, 0.6) is 0 Å². The fraction of sp³-hybridized carbons (Fsp3) is 0.500. The number of anilines is 2. The van der Waals surface area contributed by atoms with Gasteiger partial charge in [-0.1, -0.05) is 0 Å². The summed E-state index contributed by atoms with van der Waals surface area (Å²) in [5.41, 5.74) is 2.41. The minimum Gasteiger partial charge on any atom is -0.369 e. The van der Waals surface area contributed by atoms with Crippen molar-refractivity contribution in [3.8, 4) is 0 Å². The molecule has 90 valence electrons. The van der Waals surface area contributed by atoms with E-state index in [2.05, 4.69) is 20.7 Å². The number of hydrazine groups is 1. The van der Waals surface area contributed by atoms with Crippen LogP contribution in [0.3, 0.4) is 0 Å². The van der Waals surface area contributed by atoms with Gasteiger partial charge in [0.25, 0.3) is 0 Å². The number of aryl methyl sites for hydroxylation is 1. The lowest BCUT2D eigenvalue weighted by atomic mass is 10.5. The largest absolute Gasteiger partial charge is 0.369 e. The van der Waals surface area contributed by atoms with Crippen LogP contribution in [0.15, 0.2) is 6.07 Å². The molecule has 1 rings (SSSR count). The SMILES string of the molecule is Cc1nc(NN)cc(NCCS(C)(=O)=O)n1. The summed E-state index contributed by atoms with van der Waals surface area (Å²) in [4.78, 5) is 8.09.